The number of para-hydroxylation sites is 1. The van der Waals surface area contributed by atoms with Gasteiger partial charge in [0, 0.05) is 35.4 Å². The van der Waals surface area contributed by atoms with Crippen LogP contribution in [0.3, 0.4) is 0 Å². The number of anilines is 2. The maximum absolute atomic E-state index is 10.3. The van der Waals surface area contributed by atoms with Crippen LogP contribution >= 0.6 is 0 Å². The van der Waals surface area contributed by atoms with Gasteiger partial charge in [-0.1, -0.05) is 62.4 Å². The van der Waals surface area contributed by atoms with E-state index in [0.717, 1.165) is 16.5 Å². The van der Waals surface area contributed by atoms with E-state index in [1.807, 2.05) is 30.5 Å². The molecular weight excluding hydrogens is 308 g/mol. The lowest BCUT2D eigenvalue weighted by Crippen LogP contribution is -2.23. The number of fused-ring (bicyclic) bond motifs is 2. The van der Waals surface area contributed by atoms with Gasteiger partial charge in [-0.3, -0.25) is 0 Å². The molecule has 2 N–H and O–H groups in total. The van der Waals surface area contributed by atoms with Crippen LogP contribution in [0.2, 0.25) is 0 Å². The fraction of sp³-hybridized carbons (Fsp3) is 0.182. The molecule has 0 amide bonds. The minimum atomic E-state index is -0.0987. The molecule has 0 saturated heterocycles. The Morgan fingerprint density at radius 2 is 1.68 bits per heavy atom. The van der Waals surface area contributed by atoms with Crippen molar-refractivity contribution in [2.45, 2.75) is 19.3 Å². The van der Waals surface area contributed by atoms with Gasteiger partial charge in [0.15, 0.2) is 0 Å². The van der Waals surface area contributed by atoms with Crippen LogP contribution in [0, 0.1) is 0 Å². The van der Waals surface area contributed by atoms with E-state index in [0.29, 0.717) is 0 Å². The quantitative estimate of drug-likeness (QED) is 0.632. The monoisotopic (exact) mass is 330 g/mol. The van der Waals surface area contributed by atoms with Crippen molar-refractivity contribution < 1.29 is 5.11 Å². The number of phenols is 1. The number of likely N-dealkylation sites (N-methyl/N-ethyl adjacent to an activating group) is 1. The lowest BCUT2D eigenvalue weighted by molar-refractivity contribution is 0.478. The first-order chi connectivity index (χ1) is 12.0. The van der Waals surface area contributed by atoms with Crippen molar-refractivity contribution in [1.82, 2.24) is 0 Å². The molecule has 1 aliphatic heterocycles. The van der Waals surface area contributed by atoms with Gasteiger partial charge in [-0.2, -0.15) is 0 Å². The summed E-state index contributed by atoms with van der Waals surface area (Å²) < 4.78 is 0. The zero-order chi connectivity index (χ0) is 17.6. The standard InChI is InChI=1S/C22H22N2O/c1-22(2)17-10-6-7-11-18(17)24(3)20(22)14-23-21-16-9-5-4-8-15(16)12-13-19(21)25/h4-14,23,25H,1-3H3. The normalized spacial score (nSPS) is 17.1. The van der Waals surface area contributed by atoms with E-state index in [1.54, 1.807) is 6.07 Å². The highest BCUT2D eigenvalue weighted by Gasteiger charge is 2.38. The Kier molecular flexibility index (Phi) is 3.46. The van der Waals surface area contributed by atoms with Crippen LogP contribution in [-0.4, -0.2) is 12.2 Å². The highest BCUT2D eigenvalue weighted by Crippen LogP contribution is 2.46. The molecule has 0 bridgehead atoms. The van der Waals surface area contributed by atoms with E-state index in [1.165, 1.54) is 16.9 Å². The van der Waals surface area contributed by atoms with Crippen molar-refractivity contribution in [2.24, 2.45) is 0 Å². The average molecular weight is 330 g/mol. The molecular formula is C22H22N2O. The average Bonchev–Trinajstić information content (AvgIpc) is 2.81. The summed E-state index contributed by atoms with van der Waals surface area (Å²) >= 11 is 0. The van der Waals surface area contributed by atoms with E-state index >= 15 is 0 Å². The smallest absolute Gasteiger partial charge is 0.139 e. The maximum atomic E-state index is 10.3. The summed E-state index contributed by atoms with van der Waals surface area (Å²) in [6.07, 6.45) is 2.02. The Bertz CT molecular complexity index is 988. The molecule has 1 heterocycles. The number of phenolic OH excluding ortho intramolecular Hbond substituents is 1. The molecule has 0 radical (unpaired) electrons. The molecule has 3 nitrogen and oxygen atoms in total. The van der Waals surface area contributed by atoms with Crippen molar-refractivity contribution in [3.05, 3.63) is 78.1 Å². The second-order valence-corrected chi connectivity index (χ2v) is 7.06. The predicted octanol–water partition coefficient (Wildman–Crippen LogP) is 5.23. The first-order valence-corrected chi connectivity index (χ1v) is 8.51. The molecule has 0 unspecified atom stereocenters. The molecule has 3 heteroatoms. The van der Waals surface area contributed by atoms with Crippen molar-refractivity contribution in [2.75, 3.05) is 17.3 Å². The molecule has 0 aromatic heterocycles. The number of benzene rings is 3. The molecule has 0 atom stereocenters. The zero-order valence-electron chi connectivity index (χ0n) is 14.7. The number of hydrogen-bond acceptors (Lipinski definition) is 3. The summed E-state index contributed by atoms with van der Waals surface area (Å²) in [4.78, 5) is 2.21. The minimum absolute atomic E-state index is 0.0987. The Morgan fingerprint density at radius 3 is 2.48 bits per heavy atom. The molecule has 0 fully saturated rings. The molecule has 1 aliphatic rings. The number of allylic oxidation sites excluding steroid dienone is 1. The summed E-state index contributed by atoms with van der Waals surface area (Å²) in [6, 6.07) is 20.2. The van der Waals surface area contributed by atoms with Crippen LogP contribution < -0.4 is 10.2 Å². The van der Waals surface area contributed by atoms with Crippen molar-refractivity contribution >= 4 is 22.1 Å². The minimum Gasteiger partial charge on any atom is -0.506 e. The van der Waals surface area contributed by atoms with Gasteiger partial charge < -0.3 is 15.3 Å². The van der Waals surface area contributed by atoms with Gasteiger partial charge in [-0.05, 0) is 23.1 Å². The van der Waals surface area contributed by atoms with E-state index in [9.17, 15) is 5.11 Å². The first kappa shape index (κ1) is 15.6. The van der Waals surface area contributed by atoms with Crippen LogP contribution in [0.1, 0.15) is 19.4 Å². The van der Waals surface area contributed by atoms with Crippen molar-refractivity contribution in [3.63, 3.8) is 0 Å². The van der Waals surface area contributed by atoms with Gasteiger partial charge in [0.05, 0.1) is 5.69 Å². The van der Waals surface area contributed by atoms with E-state index in [4.69, 9.17) is 0 Å². The Balaban J connectivity index is 1.78. The third-order valence-corrected chi connectivity index (χ3v) is 5.20. The van der Waals surface area contributed by atoms with Crippen molar-refractivity contribution in [3.8, 4) is 5.75 Å². The summed E-state index contributed by atoms with van der Waals surface area (Å²) in [5.41, 5.74) is 4.35. The number of rotatable bonds is 2. The van der Waals surface area contributed by atoms with Crippen molar-refractivity contribution in [1.29, 1.82) is 0 Å². The second kappa shape index (κ2) is 5.55. The van der Waals surface area contributed by atoms with Crippen LogP contribution in [0.25, 0.3) is 10.8 Å². The summed E-state index contributed by atoms with van der Waals surface area (Å²) in [5.74, 6) is 0.256. The largest absolute Gasteiger partial charge is 0.506 e. The van der Waals surface area contributed by atoms with Gasteiger partial charge in [0.25, 0.3) is 0 Å². The van der Waals surface area contributed by atoms with Gasteiger partial charge in [-0.25, -0.2) is 0 Å². The third-order valence-electron chi connectivity index (χ3n) is 5.20. The highest BCUT2D eigenvalue weighted by atomic mass is 16.3. The Hall–Kier alpha value is -2.94. The van der Waals surface area contributed by atoms with E-state index in [-0.39, 0.29) is 11.2 Å². The predicted molar refractivity (Wildman–Crippen MR) is 105 cm³/mol. The molecule has 3 aromatic rings. The topological polar surface area (TPSA) is 35.5 Å². The third kappa shape index (κ3) is 2.35. The second-order valence-electron chi connectivity index (χ2n) is 7.06. The number of aromatic hydroxyl groups is 1. The summed E-state index contributed by atoms with van der Waals surface area (Å²) in [7, 11) is 2.09. The van der Waals surface area contributed by atoms with E-state index in [2.05, 4.69) is 61.4 Å². The van der Waals surface area contributed by atoms with Crippen LogP contribution in [0.4, 0.5) is 11.4 Å². The SMILES string of the molecule is CN1C(=CNc2c(O)ccc3ccccc23)C(C)(C)c2ccccc21. The number of nitrogens with zero attached hydrogens (tertiary/aromatic N) is 1. The number of nitrogens with one attached hydrogen (secondary N) is 1. The lowest BCUT2D eigenvalue weighted by atomic mass is 9.84. The maximum Gasteiger partial charge on any atom is 0.139 e. The molecule has 0 spiro atoms. The highest BCUT2D eigenvalue weighted by molar-refractivity contribution is 5.97. The van der Waals surface area contributed by atoms with E-state index < -0.39 is 0 Å². The zero-order valence-corrected chi connectivity index (χ0v) is 14.7. The van der Waals surface area contributed by atoms with Crippen LogP contribution in [0.5, 0.6) is 5.75 Å². The summed E-state index contributed by atoms with van der Waals surface area (Å²) in [6.45, 7) is 4.46. The Labute approximate surface area is 148 Å². The van der Waals surface area contributed by atoms with Gasteiger partial charge in [-0.15, -0.1) is 0 Å². The molecule has 25 heavy (non-hydrogen) atoms. The molecule has 0 aliphatic carbocycles. The van der Waals surface area contributed by atoms with Gasteiger partial charge >= 0.3 is 0 Å². The molecule has 126 valence electrons. The molecule has 0 saturated carbocycles. The van der Waals surface area contributed by atoms with Crippen LogP contribution in [0.15, 0.2) is 72.6 Å². The Morgan fingerprint density at radius 1 is 0.960 bits per heavy atom. The first-order valence-electron chi connectivity index (χ1n) is 8.51. The molecule has 3 aromatic carbocycles. The molecule has 4 rings (SSSR count). The van der Waals surface area contributed by atoms with Gasteiger partial charge in [0.2, 0.25) is 0 Å². The number of hydrogen-bond donors (Lipinski definition) is 2. The van der Waals surface area contributed by atoms with Gasteiger partial charge in [0.1, 0.15) is 5.75 Å². The fourth-order valence-electron chi connectivity index (χ4n) is 3.81. The fourth-order valence-corrected chi connectivity index (χ4v) is 3.81. The summed E-state index contributed by atoms with van der Waals surface area (Å²) in [5, 5.41) is 15.8. The van der Waals surface area contributed by atoms with Crippen LogP contribution in [-0.2, 0) is 5.41 Å². The lowest BCUT2D eigenvalue weighted by Gasteiger charge is -2.24.